The number of hydrogen-bond donors (Lipinski definition) is 5. The lowest BCUT2D eigenvalue weighted by atomic mass is 10.0. The Morgan fingerprint density at radius 3 is 2.41 bits per heavy atom. The smallest absolute Gasteiger partial charge is 0.211 e. The van der Waals surface area contributed by atoms with E-state index in [9.17, 15) is 15.0 Å². The first-order valence-corrected chi connectivity index (χ1v) is 12.1. The fourth-order valence-electron chi connectivity index (χ4n) is 4.08. The van der Waals surface area contributed by atoms with E-state index in [4.69, 9.17) is 4.74 Å². The van der Waals surface area contributed by atoms with Crippen molar-refractivity contribution in [2.45, 2.75) is 12.5 Å². The quantitative estimate of drug-likeness (QED) is 0.104. The summed E-state index contributed by atoms with van der Waals surface area (Å²) in [5.41, 5.74) is 6.15. The fourth-order valence-corrected chi connectivity index (χ4v) is 4.08. The predicted octanol–water partition coefficient (Wildman–Crippen LogP) is 5.25. The molecular weight excluding hydrogens is 466 g/mol. The molecule has 7 heteroatoms. The standard InChI is InChI=1S/C30H31N3O4/c1-37-30-14-12-25(18-26(30)22-5-3-2-4-6-22)33-24-10-7-21(8-11-24)15-16-31-19-29(36)23-9-13-28(35)27(17-23)32-20-34/h2-14,17-18,20,29,31,33,35-36H,15-16,19H2,1H3,(H,32,34). The van der Waals surface area contributed by atoms with E-state index >= 15 is 0 Å². The molecule has 7 nitrogen and oxygen atoms in total. The van der Waals surface area contributed by atoms with Gasteiger partial charge in [-0.15, -0.1) is 0 Å². The number of phenols is 1. The molecule has 0 aliphatic carbocycles. The van der Waals surface area contributed by atoms with Crippen LogP contribution in [-0.4, -0.2) is 36.8 Å². The molecule has 4 aromatic rings. The van der Waals surface area contributed by atoms with Crippen LogP contribution in [0.1, 0.15) is 17.2 Å². The number of ether oxygens (including phenoxy) is 1. The number of phenolic OH excluding ortho intramolecular Hbond substituents is 1. The topological polar surface area (TPSA) is 103 Å². The van der Waals surface area contributed by atoms with E-state index in [-0.39, 0.29) is 11.4 Å². The number of aliphatic hydroxyl groups excluding tert-OH is 1. The molecule has 0 fully saturated rings. The third kappa shape index (κ3) is 6.88. The van der Waals surface area contributed by atoms with Crippen LogP contribution in [0.15, 0.2) is 91.0 Å². The Kier molecular flexibility index (Phi) is 8.75. The Balaban J connectivity index is 1.29. The third-order valence-corrected chi connectivity index (χ3v) is 6.07. The second kappa shape index (κ2) is 12.6. The third-order valence-electron chi connectivity index (χ3n) is 6.07. The van der Waals surface area contributed by atoms with Gasteiger partial charge in [-0.2, -0.15) is 0 Å². The number of hydrogen-bond acceptors (Lipinski definition) is 6. The highest BCUT2D eigenvalue weighted by molar-refractivity contribution is 5.76. The molecule has 1 unspecified atom stereocenters. The molecule has 0 aliphatic rings. The van der Waals surface area contributed by atoms with Gasteiger partial charge in [-0.1, -0.05) is 48.5 Å². The minimum Gasteiger partial charge on any atom is -0.506 e. The van der Waals surface area contributed by atoms with Crippen molar-refractivity contribution in [2.24, 2.45) is 0 Å². The lowest BCUT2D eigenvalue weighted by molar-refractivity contribution is -0.105. The molecule has 1 atom stereocenters. The first kappa shape index (κ1) is 25.8. The molecule has 4 aromatic carbocycles. The van der Waals surface area contributed by atoms with Crippen LogP contribution in [0.2, 0.25) is 0 Å². The number of benzene rings is 4. The molecule has 37 heavy (non-hydrogen) atoms. The number of carbonyl (C=O) groups is 1. The molecule has 1 amide bonds. The fraction of sp³-hybridized carbons (Fsp3) is 0.167. The maximum atomic E-state index is 10.7. The Morgan fingerprint density at radius 1 is 0.919 bits per heavy atom. The van der Waals surface area contributed by atoms with Gasteiger partial charge < -0.3 is 30.9 Å². The van der Waals surface area contributed by atoms with Gasteiger partial charge in [0.15, 0.2) is 0 Å². The van der Waals surface area contributed by atoms with Crippen LogP contribution < -0.4 is 20.7 Å². The molecule has 0 saturated heterocycles. The maximum Gasteiger partial charge on any atom is 0.211 e. The highest BCUT2D eigenvalue weighted by atomic mass is 16.5. The zero-order valence-corrected chi connectivity index (χ0v) is 20.6. The van der Waals surface area contributed by atoms with Crippen LogP contribution in [0.25, 0.3) is 11.1 Å². The molecule has 0 spiro atoms. The molecule has 0 saturated carbocycles. The van der Waals surface area contributed by atoms with Crippen molar-refractivity contribution in [1.82, 2.24) is 5.32 Å². The van der Waals surface area contributed by atoms with Crippen LogP contribution in [0.5, 0.6) is 11.5 Å². The Bertz CT molecular complexity index is 1310. The average molecular weight is 498 g/mol. The second-order valence-corrected chi connectivity index (χ2v) is 8.61. The van der Waals surface area contributed by atoms with Gasteiger partial charge in [-0.25, -0.2) is 0 Å². The highest BCUT2D eigenvalue weighted by Crippen LogP contribution is 2.33. The summed E-state index contributed by atoms with van der Waals surface area (Å²) in [7, 11) is 1.68. The van der Waals surface area contributed by atoms with Crippen molar-refractivity contribution in [1.29, 1.82) is 0 Å². The van der Waals surface area contributed by atoms with Gasteiger partial charge in [-0.3, -0.25) is 4.79 Å². The van der Waals surface area contributed by atoms with E-state index in [0.29, 0.717) is 25.1 Å². The summed E-state index contributed by atoms with van der Waals surface area (Å²) in [5.74, 6) is 0.783. The highest BCUT2D eigenvalue weighted by Gasteiger charge is 2.11. The number of methoxy groups -OCH3 is 1. The van der Waals surface area contributed by atoms with E-state index in [0.717, 1.165) is 34.7 Å². The van der Waals surface area contributed by atoms with Crippen LogP contribution in [0.4, 0.5) is 17.1 Å². The number of carbonyl (C=O) groups excluding carboxylic acids is 1. The van der Waals surface area contributed by atoms with Crippen LogP contribution in [0.3, 0.4) is 0 Å². The Morgan fingerprint density at radius 2 is 1.68 bits per heavy atom. The minimum absolute atomic E-state index is 0.0439. The maximum absolute atomic E-state index is 10.7. The SMILES string of the molecule is COc1ccc(Nc2ccc(CCNCC(O)c3ccc(O)c(NC=O)c3)cc2)cc1-c1ccccc1. The van der Waals surface area contributed by atoms with Crippen molar-refractivity contribution in [3.63, 3.8) is 0 Å². The van der Waals surface area contributed by atoms with Gasteiger partial charge >= 0.3 is 0 Å². The van der Waals surface area contributed by atoms with E-state index < -0.39 is 6.10 Å². The van der Waals surface area contributed by atoms with Gasteiger partial charge in [-0.05, 0) is 72.1 Å². The normalized spacial score (nSPS) is 11.5. The van der Waals surface area contributed by atoms with Crippen molar-refractivity contribution in [3.8, 4) is 22.6 Å². The summed E-state index contributed by atoms with van der Waals surface area (Å²) in [5, 5.41) is 29.3. The van der Waals surface area contributed by atoms with E-state index in [1.807, 2.05) is 30.3 Å². The zero-order valence-electron chi connectivity index (χ0n) is 20.6. The van der Waals surface area contributed by atoms with Crippen LogP contribution >= 0.6 is 0 Å². The van der Waals surface area contributed by atoms with Crippen molar-refractivity contribution in [2.75, 3.05) is 30.8 Å². The van der Waals surface area contributed by atoms with E-state index in [2.05, 4.69) is 58.4 Å². The van der Waals surface area contributed by atoms with E-state index in [1.165, 1.54) is 11.6 Å². The molecule has 0 radical (unpaired) electrons. The minimum atomic E-state index is -0.760. The Labute approximate surface area is 216 Å². The number of rotatable bonds is 12. The lowest BCUT2D eigenvalue weighted by Crippen LogP contribution is -2.23. The van der Waals surface area contributed by atoms with Gasteiger partial charge in [0.1, 0.15) is 11.5 Å². The Hall–Kier alpha value is -4.33. The van der Waals surface area contributed by atoms with Gasteiger partial charge in [0.05, 0.1) is 18.9 Å². The lowest BCUT2D eigenvalue weighted by Gasteiger charge is -2.14. The molecule has 0 aromatic heterocycles. The number of anilines is 3. The van der Waals surface area contributed by atoms with Gasteiger partial charge in [0.2, 0.25) is 6.41 Å². The molecule has 0 bridgehead atoms. The molecule has 5 N–H and O–H groups in total. The number of aromatic hydroxyl groups is 1. The van der Waals surface area contributed by atoms with Gasteiger partial charge in [0, 0.05) is 23.5 Å². The monoisotopic (exact) mass is 497 g/mol. The van der Waals surface area contributed by atoms with Crippen LogP contribution in [-0.2, 0) is 11.2 Å². The summed E-state index contributed by atoms with van der Waals surface area (Å²) >= 11 is 0. The zero-order chi connectivity index (χ0) is 26.0. The van der Waals surface area contributed by atoms with E-state index in [1.54, 1.807) is 19.2 Å². The first-order valence-electron chi connectivity index (χ1n) is 12.1. The largest absolute Gasteiger partial charge is 0.506 e. The average Bonchev–Trinajstić information content (AvgIpc) is 2.93. The van der Waals surface area contributed by atoms with Crippen molar-refractivity contribution >= 4 is 23.5 Å². The molecule has 0 heterocycles. The van der Waals surface area contributed by atoms with Crippen molar-refractivity contribution < 1.29 is 19.7 Å². The molecule has 0 aliphatic heterocycles. The number of nitrogens with one attached hydrogen (secondary N) is 3. The second-order valence-electron chi connectivity index (χ2n) is 8.61. The summed E-state index contributed by atoms with van der Waals surface area (Å²) in [6.07, 6.45) is 0.536. The predicted molar refractivity (Wildman–Crippen MR) is 147 cm³/mol. The van der Waals surface area contributed by atoms with Crippen molar-refractivity contribution in [3.05, 3.63) is 102 Å². The summed E-state index contributed by atoms with van der Waals surface area (Å²) in [4.78, 5) is 10.7. The molecule has 4 rings (SSSR count). The molecular formula is C30H31N3O4. The van der Waals surface area contributed by atoms with Gasteiger partial charge in [0.25, 0.3) is 0 Å². The number of amides is 1. The summed E-state index contributed by atoms with van der Waals surface area (Å²) < 4.78 is 5.55. The summed E-state index contributed by atoms with van der Waals surface area (Å²) in [6, 6.07) is 29.1. The van der Waals surface area contributed by atoms with Crippen LogP contribution in [0, 0.1) is 0 Å². The molecule has 190 valence electrons. The first-order chi connectivity index (χ1) is 18.1. The number of aliphatic hydroxyl groups is 1. The summed E-state index contributed by atoms with van der Waals surface area (Å²) in [6.45, 7) is 1.05.